The molecule has 4 nitrogen and oxygen atoms in total. The van der Waals surface area contributed by atoms with E-state index >= 15 is 0 Å². The van der Waals surface area contributed by atoms with Crippen LogP contribution in [0.2, 0.25) is 0 Å². The second-order valence-corrected chi connectivity index (χ2v) is 7.99. The fourth-order valence-corrected chi connectivity index (χ4v) is 4.17. The van der Waals surface area contributed by atoms with Crippen LogP contribution in [-0.4, -0.2) is 44.7 Å². The molecule has 0 amide bonds. The van der Waals surface area contributed by atoms with Crippen LogP contribution in [0.5, 0.6) is 0 Å². The molecule has 1 saturated heterocycles. The van der Waals surface area contributed by atoms with Crippen LogP contribution in [0.4, 0.5) is 0 Å². The van der Waals surface area contributed by atoms with Crippen molar-refractivity contribution in [2.24, 2.45) is 11.8 Å². The summed E-state index contributed by atoms with van der Waals surface area (Å²) in [5.74, 6) is 1.65. The van der Waals surface area contributed by atoms with E-state index < -0.39 is 10.0 Å². The van der Waals surface area contributed by atoms with E-state index in [0.29, 0.717) is 31.3 Å². The summed E-state index contributed by atoms with van der Waals surface area (Å²) in [4.78, 5) is 0. The average molecular weight is 290 g/mol. The fourth-order valence-electron chi connectivity index (χ4n) is 2.63. The third-order valence-electron chi connectivity index (χ3n) is 4.02. The highest BCUT2D eigenvalue weighted by molar-refractivity contribution is 7.89. The molecule has 1 aliphatic heterocycles. The fraction of sp³-hybridized carbons (Fsp3) is 1.00. The Morgan fingerprint density at radius 2 is 1.84 bits per heavy atom. The zero-order valence-electron chi connectivity index (χ0n) is 12.7. The molecular formula is C14H30N2O2S. The van der Waals surface area contributed by atoms with Crippen LogP contribution in [-0.2, 0) is 10.0 Å². The van der Waals surface area contributed by atoms with Gasteiger partial charge >= 0.3 is 0 Å². The standard InChI is InChI=1S/C14H30N2O2S/c1-4-8-15-9-5-12-19(17,18)16-10-6-14(7-11-16)13(2)3/h13-15H,4-12H2,1-3H3. The van der Waals surface area contributed by atoms with E-state index in [-0.39, 0.29) is 5.75 Å². The van der Waals surface area contributed by atoms with Crippen molar-refractivity contribution in [3.8, 4) is 0 Å². The van der Waals surface area contributed by atoms with E-state index in [9.17, 15) is 8.42 Å². The lowest BCUT2D eigenvalue weighted by molar-refractivity contribution is 0.226. The van der Waals surface area contributed by atoms with Gasteiger partial charge in [-0.15, -0.1) is 0 Å². The summed E-state index contributed by atoms with van der Waals surface area (Å²) in [7, 11) is -3.03. The smallest absolute Gasteiger partial charge is 0.214 e. The van der Waals surface area contributed by atoms with Gasteiger partial charge in [0.1, 0.15) is 0 Å². The van der Waals surface area contributed by atoms with E-state index in [1.807, 2.05) is 0 Å². The molecule has 0 bridgehead atoms. The van der Waals surface area contributed by atoms with Crippen molar-refractivity contribution in [1.29, 1.82) is 0 Å². The summed E-state index contributed by atoms with van der Waals surface area (Å²) in [5.41, 5.74) is 0. The minimum absolute atomic E-state index is 0.288. The molecule has 0 spiro atoms. The van der Waals surface area contributed by atoms with Crippen LogP contribution in [0.25, 0.3) is 0 Å². The molecule has 19 heavy (non-hydrogen) atoms. The van der Waals surface area contributed by atoms with Crippen LogP contribution < -0.4 is 5.32 Å². The Kier molecular flexibility index (Phi) is 7.32. The summed E-state index contributed by atoms with van der Waals surface area (Å²) >= 11 is 0. The maximum Gasteiger partial charge on any atom is 0.214 e. The van der Waals surface area contributed by atoms with Crippen LogP contribution in [0.15, 0.2) is 0 Å². The van der Waals surface area contributed by atoms with Gasteiger partial charge in [0.05, 0.1) is 5.75 Å². The van der Waals surface area contributed by atoms with Crippen LogP contribution >= 0.6 is 0 Å². The van der Waals surface area contributed by atoms with Crippen molar-refractivity contribution in [3.63, 3.8) is 0 Å². The van der Waals surface area contributed by atoms with Gasteiger partial charge in [0.15, 0.2) is 0 Å². The van der Waals surface area contributed by atoms with E-state index in [1.165, 1.54) is 0 Å². The maximum atomic E-state index is 12.2. The second kappa shape index (κ2) is 8.22. The van der Waals surface area contributed by atoms with Gasteiger partial charge in [0.25, 0.3) is 0 Å². The third kappa shape index (κ3) is 5.79. The highest BCUT2D eigenvalue weighted by Crippen LogP contribution is 2.25. The number of piperidine rings is 1. The average Bonchev–Trinajstić information content (AvgIpc) is 2.38. The predicted octanol–water partition coefficient (Wildman–Crippen LogP) is 2.07. The van der Waals surface area contributed by atoms with Gasteiger partial charge in [-0.1, -0.05) is 20.8 Å². The van der Waals surface area contributed by atoms with Gasteiger partial charge in [-0.3, -0.25) is 0 Å². The predicted molar refractivity (Wildman–Crippen MR) is 80.7 cm³/mol. The summed E-state index contributed by atoms with van der Waals surface area (Å²) in [6.07, 6.45) is 3.85. The molecule has 0 aromatic carbocycles. The van der Waals surface area contributed by atoms with Gasteiger partial charge in [0, 0.05) is 13.1 Å². The zero-order chi connectivity index (χ0) is 14.3. The minimum Gasteiger partial charge on any atom is -0.317 e. The van der Waals surface area contributed by atoms with E-state index in [4.69, 9.17) is 0 Å². The first kappa shape index (κ1) is 16.9. The van der Waals surface area contributed by atoms with Crippen molar-refractivity contribution in [3.05, 3.63) is 0 Å². The third-order valence-corrected chi connectivity index (χ3v) is 5.97. The maximum absolute atomic E-state index is 12.2. The number of sulfonamides is 1. The van der Waals surface area contributed by atoms with E-state index in [0.717, 1.165) is 32.4 Å². The molecule has 0 atom stereocenters. The Morgan fingerprint density at radius 1 is 1.21 bits per heavy atom. The van der Waals surface area contributed by atoms with E-state index in [2.05, 4.69) is 26.1 Å². The first-order chi connectivity index (χ1) is 8.97. The molecule has 1 heterocycles. The lowest BCUT2D eigenvalue weighted by Crippen LogP contribution is -2.41. The Bertz CT molecular complexity index is 333. The van der Waals surface area contributed by atoms with Gasteiger partial charge < -0.3 is 5.32 Å². The van der Waals surface area contributed by atoms with Gasteiger partial charge in [0.2, 0.25) is 10.0 Å². The van der Waals surface area contributed by atoms with Crippen molar-refractivity contribution >= 4 is 10.0 Å². The molecule has 1 fully saturated rings. The molecule has 0 saturated carbocycles. The Labute approximate surface area is 119 Å². The van der Waals surface area contributed by atoms with Crippen molar-refractivity contribution < 1.29 is 8.42 Å². The number of rotatable bonds is 8. The zero-order valence-corrected chi connectivity index (χ0v) is 13.5. The summed E-state index contributed by atoms with van der Waals surface area (Å²) in [6, 6.07) is 0. The van der Waals surface area contributed by atoms with Crippen LogP contribution in [0.1, 0.15) is 46.5 Å². The molecule has 0 unspecified atom stereocenters. The molecule has 1 rings (SSSR count). The van der Waals surface area contributed by atoms with Crippen molar-refractivity contribution in [2.75, 3.05) is 31.9 Å². The largest absolute Gasteiger partial charge is 0.317 e. The SMILES string of the molecule is CCCNCCCS(=O)(=O)N1CCC(C(C)C)CC1. The van der Waals surface area contributed by atoms with E-state index in [1.54, 1.807) is 4.31 Å². The normalized spacial score (nSPS) is 19.2. The Morgan fingerprint density at radius 3 is 2.37 bits per heavy atom. The monoisotopic (exact) mass is 290 g/mol. The van der Waals surface area contributed by atoms with Gasteiger partial charge in [-0.25, -0.2) is 12.7 Å². The van der Waals surface area contributed by atoms with Crippen molar-refractivity contribution in [2.45, 2.75) is 46.5 Å². The number of hydrogen-bond acceptors (Lipinski definition) is 3. The summed E-state index contributed by atoms with van der Waals surface area (Å²) < 4.78 is 26.1. The molecule has 0 aromatic heterocycles. The van der Waals surface area contributed by atoms with Gasteiger partial charge in [-0.05, 0) is 50.6 Å². The minimum atomic E-state index is -3.03. The van der Waals surface area contributed by atoms with Crippen LogP contribution in [0.3, 0.4) is 0 Å². The number of hydrogen-bond donors (Lipinski definition) is 1. The molecule has 0 aromatic rings. The molecule has 5 heteroatoms. The molecule has 0 aliphatic carbocycles. The lowest BCUT2D eigenvalue weighted by Gasteiger charge is -2.33. The first-order valence-electron chi connectivity index (χ1n) is 7.66. The first-order valence-corrected chi connectivity index (χ1v) is 9.26. The quantitative estimate of drug-likeness (QED) is 0.696. The molecule has 114 valence electrons. The lowest BCUT2D eigenvalue weighted by atomic mass is 9.87. The highest BCUT2D eigenvalue weighted by Gasteiger charge is 2.28. The molecule has 1 N–H and O–H groups in total. The highest BCUT2D eigenvalue weighted by atomic mass is 32.2. The number of nitrogens with zero attached hydrogens (tertiary/aromatic N) is 1. The summed E-state index contributed by atoms with van der Waals surface area (Å²) in [6.45, 7) is 9.78. The topological polar surface area (TPSA) is 49.4 Å². The summed E-state index contributed by atoms with van der Waals surface area (Å²) in [5, 5.41) is 3.25. The second-order valence-electron chi connectivity index (χ2n) is 5.90. The van der Waals surface area contributed by atoms with Crippen LogP contribution in [0, 0.1) is 11.8 Å². The molecule has 1 aliphatic rings. The Balaban J connectivity index is 2.30. The Hall–Kier alpha value is -0.130. The number of nitrogens with one attached hydrogen (secondary N) is 1. The molecular weight excluding hydrogens is 260 g/mol. The van der Waals surface area contributed by atoms with Crippen molar-refractivity contribution in [1.82, 2.24) is 9.62 Å². The molecule has 0 radical (unpaired) electrons. The van der Waals surface area contributed by atoms with Gasteiger partial charge in [-0.2, -0.15) is 0 Å².